The number of rotatable bonds is 3. The van der Waals surface area contributed by atoms with Gasteiger partial charge in [0.2, 0.25) is 0 Å². The minimum atomic E-state index is -1.13. The van der Waals surface area contributed by atoms with Gasteiger partial charge < -0.3 is 5.11 Å². The van der Waals surface area contributed by atoms with Crippen molar-refractivity contribution in [3.8, 4) is 6.07 Å². The molecule has 0 radical (unpaired) electrons. The summed E-state index contributed by atoms with van der Waals surface area (Å²) in [6.45, 7) is 2.60. The number of nitriles is 1. The van der Waals surface area contributed by atoms with E-state index in [1.54, 1.807) is 6.07 Å². The zero-order valence-electron chi connectivity index (χ0n) is 8.07. The standard InChI is InChI=1S/C10H14N2O2/c11-8-9(10(13)14)4-7-12-5-2-1-3-6-12/h4H,1-3,5-7H2,(H,13,14). The van der Waals surface area contributed by atoms with Gasteiger partial charge in [0.05, 0.1) is 0 Å². The molecule has 0 bridgehead atoms. The third-order valence-corrected chi connectivity index (χ3v) is 2.35. The molecular formula is C10H14N2O2. The van der Waals surface area contributed by atoms with E-state index in [4.69, 9.17) is 10.4 Å². The van der Waals surface area contributed by atoms with Gasteiger partial charge in [-0.2, -0.15) is 5.26 Å². The number of aliphatic carboxylic acids is 1. The Morgan fingerprint density at radius 2 is 2.07 bits per heavy atom. The Hall–Kier alpha value is -1.34. The maximum Gasteiger partial charge on any atom is 0.346 e. The number of piperidine rings is 1. The molecule has 1 fully saturated rings. The van der Waals surface area contributed by atoms with Gasteiger partial charge in [-0.1, -0.05) is 6.42 Å². The van der Waals surface area contributed by atoms with Crippen LogP contribution in [0.15, 0.2) is 11.6 Å². The van der Waals surface area contributed by atoms with Gasteiger partial charge in [0.15, 0.2) is 0 Å². The fourth-order valence-corrected chi connectivity index (χ4v) is 1.54. The predicted octanol–water partition coefficient (Wildman–Crippen LogP) is 1.01. The molecule has 14 heavy (non-hydrogen) atoms. The third-order valence-electron chi connectivity index (χ3n) is 2.35. The van der Waals surface area contributed by atoms with Gasteiger partial charge in [-0.3, -0.25) is 4.90 Å². The zero-order chi connectivity index (χ0) is 10.4. The first kappa shape index (κ1) is 10.7. The van der Waals surface area contributed by atoms with Crippen LogP contribution in [0.25, 0.3) is 0 Å². The van der Waals surface area contributed by atoms with Gasteiger partial charge in [-0.05, 0) is 32.0 Å². The molecule has 0 spiro atoms. The smallest absolute Gasteiger partial charge is 0.346 e. The van der Waals surface area contributed by atoms with Gasteiger partial charge in [-0.15, -0.1) is 0 Å². The molecule has 0 aromatic rings. The van der Waals surface area contributed by atoms with Gasteiger partial charge in [0.25, 0.3) is 0 Å². The van der Waals surface area contributed by atoms with E-state index in [-0.39, 0.29) is 5.57 Å². The van der Waals surface area contributed by atoms with E-state index in [0.29, 0.717) is 6.54 Å². The fraction of sp³-hybridized carbons (Fsp3) is 0.600. The summed E-state index contributed by atoms with van der Waals surface area (Å²) >= 11 is 0. The van der Waals surface area contributed by atoms with Crippen LogP contribution in [0.3, 0.4) is 0 Å². The Bertz CT molecular complexity index is 272. The van der Waals surface area contributed by atoms with Crippen molar-refractivity contribution >= 4 is 5.97 Å². The van der Waals surface area contributed by atoms with Gasteiger partial charge >= 0.3 is 5.97 Å². The van der Waals surface area contributed by atoms with Crippen LogP contribution in [0, 0.1) is 11.3 Å². The highest BCUT2D eigenvalue weighted by Crippen LogP contribution is 2.08. The zero-order valence-corrected chi connectivity index (χ0v) is 8.07. The molecular weight excluding hydrogens is 180 g/mol. The average molecular weight is 194 g/mol. The third kappa shape index (κ3) is 3.19. The van der Waals surface area contributed by atoms with E-state index in [0.717, 1.165) is 13.1 Å². The van der Waals surface area contributed by atoms with E-state index in [1.165, 1.54) is 25.3 Å². The lowest BCUT2D eigenvalue weighted by Gasteiger charge is -2.24. The van der Waals surface area contributed by atoms with Crippen LogP contribution in [0.2, 0.25) is 0 Å². The molecule has 4 nitrogen and oxygen atoms in total. The number of hydrogen-bond donors (Lipinski definition) is 1. The maximum absolute atomic E-state index is 10.5. The van der Waals surface area contributed by atoms with Crippen LogP contribution >= 0.6 is 0 Å². The van der Waals surface area contributed by atoms with Crippen molar-refractivity contribution in [2.45, 2.75) is 19.3 Å². The Morgan fingerprint density at radius 3 is 2.57 bits per heavy atom. The van der Waals surface area contributed by atoms with E-state index in [1.807, 2.05) is 0 Å². The molecule has 0 amide bonds. The number of carboxylic acids is 1. The van der Waals surface area contributed by atoms with E-state index in [9.17, 15) is 4.79 Å². The summed E-state index contributed by atoms with van der Waals surface area (Å²) in [7, 11) is 0. The molecule has 4 heteroatoms. The molecule has 0 aromatic heterocycles. The molecule has 1 aliphatic rings. The fourth-order valence-electron chi connectivity index (χ4n) is 1.54. The van der Waals surface area contributed by atoms with Crippen LogP contribution in [-0.2, 0) is 4.79 Å². The number of nitrogens with zero attached hydrogens (tertiary/aromatic N) is 2. The van der Waals surface area contributed by atoms with Crippen LogP contribution in [-0.4, -0.2) is 35.6 Å². The quantitative estimate of drug-likeness (QED) is 0.538. The highest BCUT2D eigenvalue weighted by molar-refractivity contribution is 5.90. The van der Waals surface area contributed by atoms with Crippen molar-refractivity contribution in [3.63, 3.8) is 0 Å². The average Bonchev–Trinajstić information content (AvgIpc) is 2.20. The minimum absolute atomic E-state index is 0.157. The number of carboxylic acid groups (broad SMARTS) is 1. The number of likely N-dealkylation sites (tertiary alicyclic amines) is 1. The molecule has 76 valence electrons. The molecule has 1 heterocycles. The van der Waals surface area contributed by atoms with Crippen LogP contribution in [0.4, 0.5) is 0 Å². The summed E-state index contributed by atoms with van der Waals surface area (Å²) in [4.78, 5) is 12.7. The molecule has 1 saturated heterocycles. The number of carbonyl (C=O) groups is 1. The van der Waals surface area contributed by atoms with Gasteiger partial charge in [-0.25, -0.2) is 4.79 Å². The van der Waals surface area contributed by atoms with Crippen LogP contribution < -0.4 is 0 Å². The van der Waals surface area contributed by atoms with Gasteiger partial charge in [0.1, 0.15) is 11.6 Å². The van der Waals surface area contributed by atoms with Gasteiger partial charge in [0, 0.05) is 6.54 Å². The lowest BCUT2D eigenvalue weighted by atomic mass is 10.1. The largest absolute Gasteiger partial charge is 0.477 e. The number of hydrogen-bond acceptors (Lipinski definition) is 3. The van der Waals surface area contributed by atoms with Crippen molar-refractivity contribution in [2.24, 2.45) is 0 Å². The minimum Gasteiger partial charge on any atom is -0.477 e. The summed E-state index contributed by atoms with van der Waals surface area (Å²) < 4.78 is 0. The molecule has 1 rings (SSSR count). The maximum atomic E-state index is 10.5. The Morgan fingerprint density at radius 1 is 1.43 bits per heavy atom. The monoisotopic (exact) mass is 194 g/mol. The van der Waals surface area contributed by atoms with Crippen LogP contribution in [0.1, 0.15) is 19.3 Å². The molecule has 0 saturated carbocycles. The molecule has 0 unspecified atom stereocenters. The van der Waals surface area contributed by atoms with Crippen molar-refractivity contribution in [1.29, 1.82) is 5.26 Å². The first-order chi connectivity index (χ1) is 6.74. The second kappa shape index (κ2) is 5.40. The summed E-state index contributed by atoms with van der Waals surface area (Å²) in [5, 5.41) is 17.1. The Labute approximate surface area is 83.4 Å². The SMILES string of the molecule is N#CC(=CCN1CCCCC1)C(=O)O. The first-order valence-electron chi connectivity index (χ1n) is 4.80. The van der Waals surface area contributed by atoms with E-state index in [2.05, 4.69) is 4.90 Å². The summed E-state index contributed by atoms with van der Waals surface area (Å²) in [5.74, 6) is -1.13. The van der Waals surface area contributed by atoms with E-state index < -0.39 is 5.97 Å². The molecule has 0 aromatic carbocycles. The van der Waals surface area contributed by atoms with E-state index >= 15 is 0 Å². The predicted molar refractivity (Wildman–Crippen MR) is 51.6 cm³/mol. The topological polar surface area (TPSA) is 64.3 Å². The summed E-state index contributed by atoms with van der Waals surface area (Å²) in [5.41, 5.74) is -0.157. The van der Waals surface area contributed by atoms with Crippen molar-refractivity contribution in [1.82, 2.24) is 4.90 Å². The van der Waals surface area contributed by atoms with Crippen molar-refractivity contribution < 1.29 is 9.90 Å². The Kier molecular flexibility index (Phi) is 4.14. The molecule has 1 N–H and O–H groups in total. The lowest BCUT2D eigenvalue weighted by molar-refractivity contribution is -0.132. The lowest BCUT2D eigenvalue weighted by Crippen LogP contribution is -2.30. The molecule has 0 aliphatic carbocycles. The summed E-state index contributed by atoms with van der Waals surface area (Å²) in [6, 6.07) is 1.68. The van der Waals surface area contributed by atoms with Crippen LogP contribution in [0.5, 0.6) is 0 Å². The second-order valence-electron chi connectivity index (χ2n) is 3.40. The molecule has 1 aliphatic heterocycles. The van der Waals surface area contributed by atoms with Crippen molar-refractivity contribution in [3.05, 3.63) is 11.6 Å². The Balaban J connectivity index is 2.43. The first-order valence-corrected chi connectivity index (χ1v) is 4.80. The summed E-state index contributed by atoms with van der Waals surface area (Å²) in [6.07, 6.45) is 5.09. The second-order valence-corrected chi connectivity index (χ2v) is 3.40. The molecule has 0 atom stereocenters. The highest BCUT2D eigenvalue weighted by Gasteiger charge is 2.10. The highest BCUT2D eigenvalue weighted by atomic mass is 16.4. The van der Waals surface area contributed by atoms with Crippen molar-refractivity contribution in [2.75, 3.05) is 19.6 Å². The normalized spacial score (nSPS) is 18.9.